The van der Waals surface area contributed by atoms with Gasteiger partial charge >= 0.3 is 0 Å². The summed E-state index contributed by atoms with van der Waals surface area (Å²) in [6.45, 7) is 4.67. The van der Waals surface area contributed by atoms with E-state index in [0.29, 0.717) is 19.5 Å². The van der Waals surface area contributed by atoms with Crippen LogP contribution in [-0.4, -0.2) is 70.3 Å². The summed E-state index contributed by atoms with van der Waals surface area (Å²) >= 11 is 0. The van der Waals surface area contributed by atoms with E-state index in [2.05, 4.69) is 9.88 Å². The number of hydrogen-bond acceptors (Lipinski definition) is 4. The van der Waals surface area contributed by atoms with Crippen LogP contribution in [0.1, 0.15) is 37.7 Å². The number of nitrogens with zero attached hydrogens (tertiary/aromatic N) is 4. The predicted octanol–water partition coefficient (Wildman–Crippen LogP) is 1.52. The Labute approximate surface area is 155 Å². The Bertz CT molecular complexity index is 636. The highest BCUT2D eigenvalue weighted by Gasteiger charge is 2.37. The van der Waals surface area contributed by atoms with E-state index in [0.717, 1.165) is 37.8 Å². The summed E-state index contributed by atoms with van der Waals surface area (Å²) < 4.78 is 0. The molecule has 1 aliphatic carbocycles. The molecule has 1 aromatic rings. The molecular formula is C20H28N4O2. The summed E-state index contributed by atoms with van der Waals surface area (Å²) in [5, 5.41) is 0. The van der Waals surface area contributed by atoms with E-state index in [-0.39, 0.29) is 17.7 Å². The van der Waals surface area contributed by atoms with Gasteiger partial charge in [0.2, 0.25) is 11.8 Å². The van der Waals surface area contributed by atoms with Crippen molar-refractivity contribution in [2.45, 2.75) is 44.7 Å². The van der Waals surface area contributed by atoms with Gasteiger partial charge in [-0.2, -0.15) is 0 Å². The second-order valence-electron chi connectivity index (χ2n) is 7.84. The van der Waals surface area contributed by atoms with Crippen LogP contribution < -0.4 is 0 Å². The standard InChI is InChI=1S/C20H28N4O2/c25-19-12-17(15-24(19)14-16-4-3-7-21-13-16)20(26)23-10-8-22(9-11-23)18-5-1-2-6-18/h3-4,7,13,17-18H,1-2,5-6,8-12,14-15H2/t17-/m0/s1. The van der Waals surface area contributed by atoms with E-state index in [1.54, 1.807) is 17.3 Å². The van der Waals surface area contributed by atoms with Crippen LogP contribution in [0.2, 0.25) is 0 Å². The first kappa shape index (κ1) is 17.5. The summed E-state index contributed by atoms with van der Waals surface area (Å²) in [5.74, 6) is 0.0621. The zero-order chi connectivity index (χ0) is 17.9. The average molecular weight is 356 g/mol. The molecule has 0 bridgehead atoms. The molecule has 2 saturated heterocycles. The largest absolute Gasteiger partial charge is 0.340 e. The van der Waals surface area contributed by atoms with Gasteiger partial charge in [0, 0.05) is 64.1 Å². The van der Waals surface area contributed by atoms with Crippen molar-refractivity contribution in [2.24, 2.45) is 5.92 Å². The van der Waals surface area contributed by atoms with Crippen molar-refractivity contribution in [2.75, 3.05) is 32.7 Å². The van der Waals surface area contributed by atoms with Crippen molar-refractivity contribution < 1.29 is 9.59 Å². The fourth-order valence-electron chi connectivity index (χ4n) is 4.64. The van der Waals surface area contributed by atoms with E-state index in [1.807, 2.05) is 17.0 Å². The van der Waals surface area contributed by atoms with E-state index in [4.69, 9.17) is 0 Å². The van der Waals surface area contributed by atoms with Gasteiger partial charge < -0.3 is 9.80 Å². The Balaban J connectivity index is 1.29. The number of hydrogen-bond donors (Lipinski definition) is 0. The van der Waals surface area contributed by atoms with Crippen molar-refractivity contribution in [1.29, 1.82) is 0 Å². The minimum Gasteiger partial charge on any atom is -0.340 e. The molecule has 140 valence electrons. The molecule has 1 saturated carbocycles. The maximum atomic E-state index is 12.9. The Morgan fingerprint density at radius 1 is 1.15 bits per heavy atom. The minimum absolute atomic E-state index is 0.0804. The van der Waals surface area contributed by atoms with Crippen LogP contribution in [0.25, 0.3) is 0 Å². The highest BCUT2D eigenvalue weighted by atomic mass is 16.2. The van der Waals surface area contributed by atoms with Gasteiger partial charge in [0.15, 0.2) is 0 Å². The highest BCUT2D eigenvalue weighted by Crippen LogP contribution is 2.26. The second kappa shape index (κ2) is 7.74. The lowest BCUT2D eigenvalue weighted by molar-refractivity contribution is -0.137. The minimum atomic E-state index is -0.183. The van der Waals surface area contributed by atoms with E-state index < -0.39 is 0 Å². The van der Waals surface area contributed by atoms with E-state index in [1.165, 1.54) is 25.7 Å². The SMILES string of the molecule is O=C1C[C@H](C(=O)N2CCN(C3CCCC3)CC2)CN1Cc1cccnc1. The molecule has 2 aliphatic heterocycles. The molecular weight excluding hydrogens is 328 g/mol. The molecule has 2 amide bonds. The van der Waals surface area contributed by atoms with Gasteiger partial charge in [-0.1, -0.05) is 18.9 Å². The third kappa shape index (κ3) is 3.75. The van der Waals surface area contributed by atoms with Crippen molar-refractivity contribution in [3.05, 3.63) is 30.1 Å². The smallest absolute Gasteiger partial charge is 0.228 e. The molecule has 0 radical (unpaired) electrons. The van der Waals surface area contributed by atoms with Gasteiger partial charge in [-0.25, -0.2) is 0 Å². The first-order chi connectivity index (χ1) is 12.7. The molecule has 1 atom stereocenters. The van der Waals surface area contributed by atoms with Crippen molar-refractivity contribution in [3.8, 4) is 0 Å². The molecule has 26 heavy (non-hydrogen) atoms. The molecule has 3 aliphatic rings. The average Bonchev–Trinajstić information content (AvgIpc) is 3.33. The van der Waals surface area contributed by atoms with Crippen molar-refractivity contribution in [3.63, 3.8) is 0 Å². The van der Waals surface area contributed by atoms with Gasteiger partial charge in [-0.05, 0) is 24.5 Å². The number of piperazine rings is 1. The number of carbonyl (C=O) groups is 2. The van der Waals surface area contributed by atoms with Crippen LogP contribution >= 0.6 is 0 Å². The molecule has 3 heterocycles. The van der Waals surface area contributed by atoms with Gasteiger partial charge in [0.05, 0.1) is 5.92 Å². The number of likely N-dealkylation sites (tertiary alicyclic amines) is 1. The molecule has 0 spiro atoms. The van der Waals surface area contributed by atoms with Crippen LogP contribution in [0.5, 0.6) is 0 Å². The lowest BCUT2D eigenvalue weighted by Crippen LogP contribution is -2.52. The third-order valence-corrected chi connectivity index (χ3v) is 6.13. The number of pyridine rings is 1. The highest BCUT2D eigenvalue weighted by molar-refractivity contribution is 5.89. The second-order valence-corrected chi connectivity index (χ2v) is 7.84. The number of rotatable bonds is 4. The van der Waals surface area contributed by atoms with Crippen LogP contribution in [0.4, 0.5) is 0 Å². The van der Waals surface area contributed by atoms with Crippen LogP contribution in [0.3, 0.4) is 0 Å². The molecule has 0 unspecified atom stereocenters. The topological polar surface area (TPSA) is 56.8 Å². The molecule has 6 nitrogen and oxygen atoms in total. The van der Waals surface area contributed by atoms with Gasteiger partial charge in [-0.15, -0.1) is 0 Å². The predicted molar refractivity (Wildman–Crippen MR) is 98.2 cm³/mol. The maximum Gasteiger partial charge on any atom is 0.228 e. The zero-order valence-electron chi connectivity index (χ0n) is 15.3. The van der Waals surface area contributed by atoms with Crippen LogP contribution in [-0.2, 0) is 16.1 Å². The number of amides is 2. The summed E-state index contributed by atoms with van der Waals surface area (Å²) in [5.41, 5.74) is 1.01. The molecule has 4 rings (SSSR count). The number of aromatic nitrogens is 1. The first-order valence-corrected chi connectivity index (χ1v) is 9.90. The maximum absolute atomic E-state index is 12.9. The Kier molecular flexibility index (Phi) is 5.20. The van der Waals surface area contributed by atoms with Crippen LogP contribution in [0.15, 0.2) is 24.5 Å². The zero-order valence-corrected chi connectivity index (χ0v) is 15.3. The van der Waals surface area contributed by atoms with E-state index >= 15 is 0 Å². The third-order valence-electron chi connectivity index (χ3n) is 6.13. The van der Waals surface area contributed by atoms with Gasteiger partial charge in [-0.3, -0.25) is 19.5 Å². The molecule has 6 heteroatoms. The first-order valence-electron chi connectivity index (χ1n) is 9.90. The monoisotopic (exact) mass is 356 g/mol. The fourth-order valence-corrected chi connectivity index (χ4v) is 4.64. The molecule has 1 aromatic heterocycles. The Hall–Kier alpha value is -1.95. The Morgan fingerprint density at radius 2 is 1.92 bits per heavy atom. The molecule has 0 N–H and O–H groups in total. The number of carbonyl (C=O) groups excluding carboxylic acids is 2. The molecule has 0 aromatic carbocycles. The van der Waals surface area contributed by atoms with E-state index in [9.17, 15) is 9.59 Å². The quantitative estimate of drug-likeness (QED) is 0.821. The lowest BCUT2D eigenvalue weighted by atomic mass is 10.1. The van der Waals surface area contributed by atoms with Gasteiger partial charge in [0.25, 0.3) is 0 Å². The van der Waals surface area contributed by atoms with Gasteiger partial charge in [0.1, 0.15) is 0 Å². The normalized spacial score (nSPS) is 25.2. The lowest BCUT2D eigenvalue weighted by Gasteiger charge is -2.38. The summed E-state index contributed by atoms with van der Waals surface area (Å²) in [7, 11) is 0. The van der Waals surface area contributed by atoms with Crippen LogP contribution in [0, 0.1) is 5.92 Å². The summed E-state index contributed by atoms with van der Waals surface area (Å²) in [6, 6.07) is 4.58. The summed E-state index contributed by atoms with van der Waals surface area (Å²) in [6.07, 6.45) is 9.18. The fraction of sp³-hybridized carbons (Fsp3) is 0.650. The Morgan fingerprint density at radius 3 is 2.62 bits per heavy atom. The van der Waals surface area contributed by atoms with Crippen molar-refractivity contribution >= 4 is 11.8 Å². The molecule has 3 fully saturated rings. The van der Waals surface area contributed by atoms with Crippen molar-refractivity contribution in [1.82, 2.24) is 19.7 Å². The summed E-state index contributed by atoms with van der Waals surface area (Å²) in [4.78, 5) is 35.7.